The van der Waals surface area contributed by atoms with E-state index in [2.05, 4.69) is 28.5 Å². The van der Waals surface area contributed by atoms with Crippen LogP contribution in [0.15, 0.2) is 53.5 Å². The Labute approximate surface area is 149 Å². The second-order valence-electron chi connectivity index (χ2n) is 5.19. The molecule has 3 N–H and O–H groups in total. The molecule has 0 amide bonds. The highest BCUT2D eigenvalue weighted by molar-refractivity contribution is 5.89. The van der Waals surface area contributed by atoms with Gasteiger partial charge in [-0.05, 0) is 30.2 Å². The molecule has 124 valence electrons. The maximum atomic E-state index is 5.83. The molecule has 0 spiro atoms. The number of rotatable bonds is 4. The van der Waals surface area contributed by atoms with Crippen molar-refractivity contribution in [3.8, 4) is 5.75 Å². The minimum atomic E-state index is -0.153. The number of benzene rings is 2. The van der Waals surface area contributed by atoms with E-state index in [0.29, 0.717) is 5.84 Å². The van der Waals surface area contributed by atoms with Crippen LogP contribution in [0.25, 0.3) is 0 Å². The van der Waals surface area contributed by atoms with Gasteiger partial charge in [-0.1, -0.05) is 36.4 Å². The fraction of sp³-hybridized carbons (Fsp3) is 0.235. The summed E-state index contributed by atoms with van der Waals surface area (Å²) in [4.78, 5) is 4.40. The Kier molecular flexibility index (Phi) is 7.36. The average Bonchev–Trinajstić information content (AvgIpc) is 2.50. The standard InChI is InChI=1S/C17H19N3O.2ClH/c1-12-17(18)20-15-9-14(7-8-16(15)21-12)11-19-10-13-5-3-2-4-6-13;;/h2-9,12,19H,10-11H2,1H3,(H2,18,20);2*1H. The van der Waals surface area contributed by atoms with Gasteiger partial charge in [-0.25, -0.2) is 4.99 Å². The summed E-state index contributed by atoms with van der Waals surface area (Å²) < 4.78 is 5.70. The smallest absolute Gasteiger partial charge is 0.153 e. The lowest BCUT2D eigenvalue weighted by molar-refractivity contribution is 0.281. The van der Waals surface area contributed by atoms with Crippen LogP contribution >= 0.6 is 24.8 Å². The van der Waals surface area contributed by atoms with Gasteiger partial charge in [0.05, 0.1) is 0 Å². The van der Waals surface area contributed by atoms with Crippen LogP contribution in [0.5, 0.6) is 5.75 Å². The van der Waals surface area contributed by atoms with Crippen molar-refractivity contribution < 1.29 is 4.74 Å². The average molecular weight is 354 g/mol. The van der Waals surface area contributed by atoms with E-state index in [1.165, 1.54) is 11.1 Å². The summed E-state index contributed by atoms with van der Waals surface area (Å²) in [5.74, 6) is 1.32. The molecule has 1 unspecified atom stereocenters. The first-order valence-corrected chi connectivity index (χ1v) is 7.10. The molecule has 0 saturated carbocycles. The Hall–Kier alpha value is -1.75. The van der Waals surface area contributed by atoms with Gasteiger partial charge >= 0.3 is 0 Å². The lowest BCUT2D eigenvalue weighted by atomic mass is 10.1. The number of hydrogen-bond donors (Lipinski definition) is 2. The predicted octanol–water partition coefficient (Wildman–Crippen LogP) is 3.59. The lowest BCUT2D eigenvalue weighted by Gasteiger charge is -2.21. The van der Waals surface area contributed by atoms with Gasteiger partial charge in [0.1, 0.15) is 17.3 Å². The molecule has 4 nitrogen and oxygen atoms in total. The minimum absolute atomic E-state index is 0. The minimum Gasteiger partial charge on any atom is -0.481 e. The van der Waals surface area contributed by atoms with Gasteiger partial charge in [-0.2, -0.15) is 0 Å². The van der Waals surface area contributed by atoms with Gasteiger partial charge in [0.2, 0.25) is 0 Å². The van der Waals surface area contributed by atoms with Gasteiger partial charge in [0.25, 0.3) is 0 Å². The van der Waals surface area contributed by atoms with E-state index in [1.807, 2.05) is 37.3 Å². The Morgan fingerprint density at radius 3 is 2.48 bits per heavy atom. The van der Waals surface area contributed by atoms with Gasteiger partial charge in [-0.3, -0.25) is 0 Å². The van der Waals surface area contributed by atoms with Crippen LogP contribution in [-0.4, -0.2) is 11.9 Å². The maximum Gasteiger partial charge on any atom is 0.153 e. The number of nitrogens with zero attached hydrogens (tertiary/aromatic N) is 1. The van der Waals surface area contributed by atoms with Gasteiger partial charge < -0.3 is 15.8 Å². The zero-order chi connectivity index (χ0) is 14.7. The summed E-state index contributed by atoms with van der Waals surface area (Å²) in [6, 6.07) is 16.4. The van der Waals surface area contributed by atoms with Crippen LogP contribution in [0.3, 0.4) is 0 Å². The third kappa shape index (κ3) is 4.86. The number of nitrogens with two attached hydrogens (primary N) is 1. The van der Waals surface area contributed by atoms with Gasteiger partial charge in [0, 0.05) is 13.1 Å². The number of hydrogen-bond acceptors (Lipinski definition) is 4. The van der Waals surface area contributed by atoms with Crippen molar-refractivity contribution in [1.82, 2.24) is 5.32 Å². The lowest BCUT2D eigenvalue weighted by Crippen LogP contribution is -2.33. The van der Waals surface area contributed by atoms with E-state index in [1.54, 1.807) is 0 Å². The summed E-state index contributed by atoms with van der Waals surface area (Å²) >= 11 is 0. The van der Waals surface area contributed by atoms with Crippen molar-refractivity contribution >= 4 is 36.3 Å². The van der Waals surface area contributed by atoms with E-state index in [-0.39, 0.29) is 30.9 Å². The van der Waals surface area contributed by atoms with Crippen LogP contribution in [0, 0.1) is 0 Å². The third-order valence-corrected chi connectivity index (χ3v) is 3.49. The first-order valence-electron chi connectivity index (χ1n) is 7.10. The Morgan fingerprint density at radius 1 is 1.04 bits per heavy atom. The van der Waals surface area contributed by atoms with Crippen molar-refractivity contribution in [3.63, 3.8) is 0 Å². The molecule has 2 aromatic carbocycles. The second-order valence-corrected chi connectivity index (χ2v) is 5.19. The molecule has 0 fully saturated rings. The molecular weight excluding hydrogens is 333 g/mol. The molecule has 1 aliphatic heterocycles. The van der Waals surface area contributed by atoms with Crippen LogP contribution in [0.1, 0.15) is 18.1 Å². The molecule has 0 aromatic heterocycles. The molecule has 6 heteroatoms. The molecular formula is C17H21Cl2N3O. The van der Waals surface area contributed by atoms with Crippen molar-refractivity contribution in [3.05, 3.63) is 59.7 Å². The fourth-order valence-corrected chi connectivity index (χ4v) is 2.29. The van der Waals surface area contributed by atoms with E-state index in [4.69, 9.17) is 10.5 Å². The predicted molar refractivity (Wildman–Crippen MR) is 99.3 cm³/mol. The molecule has 2 aromatic rings. The number of nitrogens with one attached hydrogen (secondary N) is 1. The van der Waals surface area contributed by atoms with E-state index in [9.17, 15) is 0 Å². The summed E-state index contributed by atoms with van der Waals surface area (Å²) in [6.45, 7) is 3.53. The van der Waals surface area contributed by atoms with Crippen LogP contribution in [0.4, 0.5) is 5.69 Å². The van der Waals surface area contributed by atoms with Crippen LogP contribution < -0.4 is 15.8 Å². The van der Waals surface area contributed by atoms with E-state index < -0.39 is 0 Å². The number of aliphatic imine (C=N–C) groups is 1. The van der Waals surface area contributed by atoms with Gasteiger partial charge in [0.15, 0.2) is 6.10 Å². The molecule has 3 rings (SSSR count). The topological polar surface area (TPSA) is 59.6 Å². The van der Waals surface area contributed by atoms with Gasteiger partial charge in [-0.15, -0.1) is 24.8 Å². The first kappa shape index (κ1) is 19.3. The summed E-state index contributed by atoms with van der Waals surface area (Å²) in [6.07, 6.45) is -0.153. The molecule has 23 heavy (non-hydrogen) atoms. The molecule has 0 aliphatic carbocycles. The highest BCUT2D eigenvalue weighted by Crippen LogP contribution is 2.32. The monoisotopic (exact) mass is 353 g/mol. The Balaban J connectivity index is 0.00000132. The highest BCUT2D eigenvalue weighted by atomic mass is 35.5. The number of ether oxygens (including phenoxy) is 1. The summed E-state index contributed by atoms with van der Waals surface area (Å²) in [5, 5.41) is 3.42. The Morgan fingerprint density at radius 2 is 1.74 bits per heavy atom. The van der Waals surface area contributed by atoms with E-state index in [0.717, 1.165) is 24.5 Å². The summed E-state index contributed by atoms with van der Waals surface area (Å²) in [7, 11) is 0. The highest BCUT2D eigenvalue weighted by Gasteiger charge is 2.17. The van der Waals surface area contributed by atoms with Crippen LogP contribution in [-0.2, 0) is 13.1 Å². The first-order chi connectivity index (χ1) is 10.2. The molecule has 0 saturated heterocycles. The number of halogens is 2. The number of fused-ring (bicyclic) bond motifs is 1. The SMILES string of the molecule is CC1Oc2ccc(CNCc3ccccc3)cc2N=C1N.Cl.Cl. The van der Waals surface area contributed by atoms with Crippen molar-refractivity contribution in [2.24, 2.45) is 10.7 Å². The molecule has 1 atom stereocenters. The Bertz CT molecular complexity index is 662. The summed E-state index contributed by atoms with van der Waals surface area (Å²) in [5.41, 5.74) is 9.08. The van der Waals surface area contributed by atoms with E-state index >= 15 is 0 Å². The molecule has 0 bridgehead atoms. The second kappa shape index (κ2) is 8.77. The zero-order valence-electron chi connectivity index (χ0n) is 12.9. The largest absolute Gasteiger partial charge is 0.481 e. The van der Waals surface area contributed by atoms with Crippen molar-refractivity contribution in [2.45, 2.75) is 26.1 Å². The fourth-order valence-electron chi connectivity index (χ4n) is 2.29. The van der Waals surface area contributed by atoms with Crippen molar-refractivity contribution in [1.29, 1.82) is 0 Å². The van der Waals surface area contributed by atoms with Crippen molar-refractivity contribution in [2.75, 3.05) is 0 Å². The zero-order valence-corrected chi connectivity index (χ0v) is 14.5. The van der Waals surface area contributed by atoms with Crippen LogP contribution in [0.2, 0.25) is 0 Å². The normalized spacial score (nSPS) is 15.3. The molecule has 1 heterocycles. The molecule has 0 radical (unpaired) electrons. The maximum absolute atomic E-state index is 5.83. The molecule has 1 aliphatic rings. The number of amidine groups is 1. The quantitative estimate of drug-likeness (QED) is 0.882. The third-order valence-electron chi connectivity index (χ3n) is 3.49.